The van der Waals surface area contributed by atoms with E-state index in [1.807, 2.05) is 0 Å². The van der Waals surface area contributed by atoms with Crippen LogP contribution >= 0.6 is 0 Å². The van der Waals surface area contributed by atoms with E-state index in [0.717, 1.165) is 32.2 Å². The highest BCUT2D eigenvalue weighted by molar-refractivity contribution is 5.79. The first-order chi connectivity index (χ1) is 9.61. The Labute approximate surface area is 120 Å². The molecule has 2 bridgehead atoms. The lowest BCUT2D eigenvalue weighted by Gasteiger charge is -2.18. The van der Waals surface area contributed by atoms with Gasteiger partial charge in [-0.25, -0.2) is 0 Å². The maximum atomic E-state index is 12.2. The molecule has 1 aromatic rings. The largest absolute Gasteiger partial charge is 0.374 e. The van der Waals surface area contributed by atoms with Crippen molar-refractivity contribution < 1.29 is 9.53 Å². The van der Waals surface area contributed by atoms with Gasteiger partial charge in [0.1, 0.15) is 0 Å². The molecule has 3 atom stereocenters. The zero-order valence-corrected chi connectivity index (χ0v) is 12.3. The lowest BCUT2D eigenvalue weighted by Crippen LogP contribution is -2.37. The zero-order valence-electron chi connectivity index (χ0n) is 12.3. The van der Waals surface area contributed by atoms with E-state index in [2.05, 4.69) is 37.4 Å². The Kier molecular flexibility index (Phi) is 3.79. The van der Waals surface area contributed by atoms with Crippen LogP contribution in [0.1, 0.15) is 36.0 Å². The van der Waals surface area contributed by atoms with Crippen LogP contribution in [-0.4, -0.2) is 24.7 Å². The third kappa shape index (κ3) is 2.88. The van der Waals surface area contributed by atoms with Crippen LogP contribution in [0.15, 0.2) is 18.2 Å². The van der Waals surface area contributed by atoms with Crippen molar-refractivity contribution in [2.75, 3.05) is 6.54 Å². The van der Waals surface area contributed by atoms with Crippen LogP contribution in [-0.2, 0) is 16.0 Å². The summed E-state index contributed by atoms with van der Waals surface area (Å²) in [5.74, 6) is 0.273. The van der Waals surface area contributed by atoms with Crippen molar-refractivity contribution >= 4 is 5.91 Å². The average Bonchev–Trinajstić information content (AvgIpc) is 2.99. The third-order valence-electron chi connectivity index (χ3n) is 4.44. The third-order valence-corrected chi connectivity index (χ3v) is 4.44. The Hall–Kier alpha value is -1.35. The first-order valence-electron chi connectivity index (χ1n) is 7.62. The maximum absolute atomic E-state index is 12.2. The minimum Gasteiger partial charge on any atom is -0.374 e. The molecule has 3 rings (SSSR count). The molecule has 3 nitrogen and oxygen atoms in total. The van der Waals surface area contributed by atoms with Gasteiger partial charge in [-0.1, -0.05) is 29.3 Å². The Bertz CT molecular complexity index is 491. The average molecular weight is 273 g/mol. The molecule has 20 heavy (non-hydrogen) atoms. The molecule has 0 aliphatic carbocycles. The van der Waals surface area contributed by atoms with Crippen LogP contribution in [0.2, 0.25) is 0 Å². The van der Waals surface area contributed by atoms with Crippen molar-refractivity contribution in [2.45, 2.75) is 51.7 Å². The Morgan fingerprint density at radius 3 is 2.60 bits per heavy atom. The summed E-state index contributed by atoms with van der Waals surface area (Å²) in [6, 6.07) is 6.56. The minimum absolute atomic E-state index is 0.0907. The van der Waals surface area contributed by atoms with E-state index in [1.54, 1.807) is 0 Å². The second kappa shape index (κ2) is 5.57. The van der Waals surface area contributed by atoms with Crippen LogP contribution in [0.4, 0.5) is 0 Å². The molecular weight excluding hydrogens is 250 g/mol. The fourth-order valence-corrected chi connectivity index (χ4v) is 3.59. The van der Waals surface area contributed by atoms with Gasteiger partial charge in [0.15, 0.2) is 0 Å². The zero-order chi connectivity index (χ0) is 14.1. The summed E-state index contributed by atoms with van der Waals surface area (Å²) in [5.41, 5.74) is 3.87. The second-order valence-corrected chi connectivity index (χ2v) is 6.25. The number of hydrogen-bond donors (Lipinski definition) is 1. The van der Waals surface area contributed by atoms with Gasteiger partial charge in [0.25, 0.3) is 0 Å². The Morgan fingerprint density at radius 2 is 2.00 bits per heavy atom. The molecule has 2 saturated heterocycles. The first kappa shape index (κ1) is 13.6. The normalized spacial score (nSPS) is 27.8. The Balaban J connectivity index is 1.49. The van der Waals surface area contributed by atoms with Gasteiger partial charge in [-0.05, 0) is 45.1 Å². The van der Waals surface area contributed by atoms with Gasteiger partial charge in [0.05, 0.1) is 18.1 Å². The highest BCUT2D eigenvalue weighted by atomic mass is 16.5. The van der Waals surface area contributed by atoms with E-state index >= 15 is 0 Å². The molecule has 0 aromatic heterocycles. The predicted molar refractivity (Wildman–Crippen MR) is 78.6 cm³/mol. The smallest absolute Gasteiger partial charge is 0.225 e. The molecule has 2 aliphatic heterocycles. The summed E-state index contributed by atoms with van der Waals surface area (Å²) in [7, 11) is 0. The molecule has 0 saturated carbocycles. The van der Waals surface area contributed by atoms with Gasteiger partial charge in [0.2, 0.25) is 5.91 Å². The number of aryl methyl sites for hydroxylation is 2. The van der Waals surface area contributed by atoms with E-state index in [4.69, 9.17) is 4.74 Å². The van der Waals surface area contributed by atoms with Gasteiger partial charge in [-0.2, -0.15) is 0 Å². The van der Waals surface area contributed by atoms with Gasteiger partial charge in [-0.3, -0.25) is 4.79 Å². The molecule has 2 heterocycles. The predicted octanol–water partition coefficient (Wildman–Crippen LogP) is 2.53. The summed E-state index contributed by atoms with van der Waals surface area (Å²) in [6.45, 7) is 4.94. The minimum atomic E-state index is 0.0907. The SMILES string of the molecule is Cc1cc(C)cc(CCNC(=O)[C@@H]2C[C@H]3CC[C@H]2O3)c1. The standard InChI is InChI=1S/C17H23NO2/c1-11-7-12(2)9-13(8-11)5-6-18-17(19)15-10-14-3-4-16(15)20-14/h7-9,14-16H,3-6,10H2,1-2H3,(H,18,19)/t14-,15-,16-/m1/s1. The summed E-state index contributed by atoms with van der Waals surface area (Å²) in [6.07, 6.45) is 4.53. The number of benzene rings is 1. The molecule has 3 heteroatoms. The van der Waals surface area contributed by atoms with Gasteiger partial charge < -0.3 is 10.1 Å². The van der Waals surface area contributed by atoms with Crippen molar-refractivity contribution in [3.05, 3.63) is 34.9 Å². The van der Waals surface area contributed by atoms with Crippen LogP contribution in [0.3, 0.4) is 0 Å². The summed E-state index contributed by atoms with van der Waals surface area (Å²) in [4.78, 5) is 12.2. The van der Waals surface area contributed by atoms with Gasteiger partial charge in [-0.15, -0.1) is 0 Å². The molecule has 0 spiro atoms. The van der Waals surface area contributed by atoms with Gasteiger partial charge >= 0.3 is 0 Å². The van der Waals surface area contributed by atoms with Crippen molar-refractivity contribution in [2.24, 2.45) is 5.92 Å². The molecule has 108 valence electrons. The van der Waals surface area contributed by atoms with E-state index in [-0.39, 0.29) is 17.9 Å². The topological polar surface area (TPSA) is 38.3 Å². The summed E-state index contributed by atoms with van der Waals surface area (Å²) >= 11 is 0. The molecule has 1 amide bonds. The number of carbonyl (C=O) groups excluding carboxylic acids is 1. The Morgan fingerprint density at radius 1 is 1.25 bits per heavy atom. The number of amides is 1. The molecule has 2 fully saturated rings. The van der Waals surface area contributed by atoms with E-state index in [9.17, 15) is 4.79 Å². The number of ether oxygens (including phenoxy) is 1. The van der Waals surface area contributed by atoms with Crippen molar-refractivity contribution in [1.29, 1.82) is 0 Å². The quantitative estimate of drug-likeness (QED) is 0.915. The molecule has 2 aliphatic rings. The van der Waals surface area contributed by atoms with Crippen molar-refractivity contribution in [1.82, 2.24) is 5.32 Å². The van der Waals surface area contributed by atoms with E-state index in [0.29, 0.717) is 6.10 Å². The molecule has 0 radical (unpaired) electrons. The molecular formula is C17H23NO2. The molecule has 1 aromatic carbocycles. The fourth-order valence-electron chi connectivity index (χ4n) is 3.59. The highest BCUT2D eigenvalue weighted by Gasteiger charge is 2.44. The van der Waals surface area contributed by atoms with Crippen LogP contribution in [0, 0.1) is 19.8 Å². The summed E-state index contributed by atoms with van der Waals surface area (Å²) in [5, 5.41) is 3.08. The number of fused-ring (bicyclic) bond motifs is 2. The van der Waals surface area contributed by atoms with Crippen LogP contribution in [0.5, 0.6) is 0 Å². The van der Waals surface area contributed by atoms with Crippen molar-refractivity contribution in [3.63, 3.8) is 0 Å². The molecule has 1 N–H and O–H groups in total. The van der Waals surface area contributed by atoms with E-state index < -0.39 is 0 Å². The summed E-state index contributed by atoms with van der Waals surface area (Å²) < 4.78 is 5.74. The lowest BCUT2D eigenvalue weighted by molar-refractivity contribution is -0.126. The first-order valence-corrected chi connectivity index (χ1v) is 7.62. The lowest BCUT2D eigenvalue weighted by atomic mass is 9.88. The number of hydrogen-bond acceptors (Lipinski definition) is 2. The van der Waals surface area contributed by atoms with E-state index in [1.165, 1.54) is 16.7 Å². The van der Waals surface area contributed by atoms with Crippen molar-refractivity contribution in [3.8, 4) is 0 Å². The number of nitrogens with one attached hydrogen (secondary N) is 1. The molecule has 0 unspecified atom stereocenters. The highest BCUT2D eigenvalue weighted by Crippen LogP contribution is 2.38. The van der Waals surface area contributed by atoms with Crippen LogP contribution < -0.4 is 5.32 Å². The maximum Gasteiger partial charge on any atom is 0.225 e. The van der Waals surface area contributed by atoms with Crippen LogP contribution in [0.25, 0.3) is 0 Å². The monoisotopic (exact) mass is 273 g/mol. The number of carbonyl (C=O) groups is 1. The van der Waals surface area contributed by atoms with Gasteiger partial charge in [0, 0.05) is 6.54 Å². The number of rotatable bonds is 4. The second-order valence-electron chi connectivity index (χ2n) is 6.25. The fraction of sp³-hybridized carbons (Fsp3) is 0.588.